The van der Waals surface area contributed by atoms with Crippen molar-refractivity contribution in [3.63, 3.8) is 0 Å². The Hall–Kier alpha value is -2.83. The van der Waals surface area contributed by atoms with Crippen LogP contribution in [0, 0.1) is 0 Å². The highest BCUT2D eigenvalue weighted by Gasteiger charge is 2.22. The summed E-state index contributed by atoms with van der Waals surface area (Å²) in [7, 11) is 0. The third-order valence-corrected chi connectivity index (χ3v) is 2.73. The normalized spacial score (nSPS) is 14.2. The first-order chi connectivity index (χ1) is 9.95. The smallest absolute Gasteiger partial charge is 0.247 e. The fraction of sp³-hybridized carbons (Fsp3) is 0.214. The number of amides is 2. The largest absolute Gasteiger partial charge is 0.326 e. The van der Waals surface area contributed by atoms with E-state index in [0.29, 0.717) is 11.3 Å². The Morgan fingerprint density at radius 2 is 1.90 bits per heavy atom. The molecule has 1 aliphatic heterocycles. The summed E-state index contributed by atoms with van der Waals surface area (Å²) in [6, 6.07) is 6.41. The molecule has 0 spiro atoms. The SMILES string of the molecule is CC(=O)CC(=O)Nc1ccc(C2=NNC(=O)CC2=O)cc1. The van der Waals surface area contributed by atoms with Gasteiger partial charge >= 0.3 is 0 Å². The van der Waals surface area contributed by atoms with Crippen LogP contribution in [0.2, 0.25) is 0 Å². The average Bonchev–Trinajstić information content (AvgIpc) is 2.39. The van der Waals surface area contributed by atoms with Gasteiger partial charge in [0.15, 0.2) is 5.78 Å². The summed E-state index contributed by atoms with van der Waals surface area (Å²) in [4.78, 5) is 44.9. The van der Waals surface area contributed by atoms with E-state index in [9.17, 15) is 19.2 Å². The van der Waals surface area contributed by atoms with E-state index >= 15 is 0 Å². The fourth-order valence-corrected chi connectivity index (χ4v) is 1.82. The Kier molecular flexibility index (Phi) is 4.22. The topological polar surface area (TPSA) is 105 Å². The number of nitrogens with zero attached hydrogens (tertiary/aromatic N) is 1. The van der Waals surface area contributed by atoms with Gasteiger partial charge in [-0.1, -0.05) is 12.1 Å². The molecule has 108 valence electrons. The van der Waals surface area contributed by atoms with Gasteiger partial charge in [-0.2, -0.15) is 5.10 Å². The number of hydrogen-bond donors (Lipinski definition) is 2. The van der Waals surface area contributed by atoms with Crippen molar-refractivity contribution in [3.8, 4) is 0 Å². The van der Waals surface area contributed by atoms with Crippen LogP contribution in [0.5, 0.6) is 0 Å². The van der Waals surface area contributed by atoms with E-state index in [-0.39, 0.29) is 30.1 Å². The Labute approximate surface area is 120 Å². The lowest BCUT2D eigenvalue weighted by molar-refractivity contribution is -0.127. The van der Waals surface area contributed by atoms with Gasteiger partial charge in [-0.3, -0.25) is 19.2 Å². The molecule has 0 radical (unpaired) electrons. The number of ketones is 2. The molecule has 0 aromatic heterocycles. The van der Waals surface area contributed by atoms with E-state index in [1.807, 2.05) is 0 Å². The van der Waals surface area contributed by atoms with Gasteiger partial charge in [0, 0.05) is 11.3 Å². The number of carbonyl (C=O) groups excluding carboxylic acids is 4. The van der Waals surface area contributed by atoms with Crippen molar-refractivity contribution < 1.29 is 19.2 Å². The van der Waals surface area contributed by atoms with Crippen LogP contribution in [0.25, 0.3) is 0 Å². The first kappa shape index (κ1) is 14.6. The highest BCUT2D eigenvalue weighted by atomic mass is 16.2. The van der Waals surface area contributed by atoms with Crippen LogP contribution in [0.1, 0.15) is 25.3 Å². The van der Waals surface area contributed by atoms with Crippen LogP contribution < -0.4 is 10.7 Å². The van der Waals surface area contributed by atoms with E-state index in [2.05, 4.69) is 15.8 Å². The van der Waals surface area contributed by atoms with E-state index < -0.39 is 11.8 Å². The van der Waals surface area contributed by atoms with Gasteiger partial charge in [-0.15, -0.1) is 0 Å². The number of carbonyl (C=O) groups is 4. The molecule has 0 saturated carbocycles. The third kappa shape index (κ3) is 3.82. The molecular weight excluding hydrogens is 274 g/mol. The molecule has 1 aromatic carbocycles. The van der Waals surface area contributed by atoms with Crippen molar-refractivity contribution in [2.45, 2.75) is 19.8 Å². The molecule has 0 unspecified atom stereocenters. The van der Waals surface area contributed by atoms with Crippen LogP contribution in [0.15, 0.2) is 29.4 Å². The molecule has 7 heteroatoms. The van der Waals surface area contributed by atoms with E-state index in [0.717, 1.165) is 0 Å². The first-order valence-electron chi connectivity index (χ1n) is 6.25. The van der Waals surface area contributed by atoms with Crippen molar-refractivity contribution in [1.29, 1.82) is 0 Å². The maximum absolute atomic E-state index is 11.7. The molecule has 2 N–H and O–H groups in total. The Balaban J connectivity index is 2.09. The third-order valence-electron chi connectivity index (χ3n) is 2.73. The minimum atomic E-state index is -0.433. The van der Waals surface area contributed by atoms with Gasteiger partial charge < -0.3 is 5.32 Å². The van der Waals surface area contributed by atoms with Gasteiger partial charge in [0.05, 0.1) is 12.8 Å². The number of hydrazone groups is 1. The molecular formula is C14H13N3O4. The summed E-state index contributed by atoms with van der Waals surface area (Å²) in [6.45, 7) is 1.34. The van der Waals surface area contributed by atoms with Crippen molar-refractivity contribution >= 4 is 34.8 Å². The van der Waals surface area contributed by atoms with Crippen LogP contribution in [0.4, 0.5) is 5.69 Å². The fourth-order valence-electron chi connectivity index (χ4n) is 1.82. The Bertz CT molecular complexity index is 647. The maximum Gasteiger partial charge on any atom is 0.247 e. The van der Waals surface area contributed by atoms with Gasteiger partial charge in [-0.05, 0) is 19.1 Å². The summed E-state index contributed by atoms with van der Waals surface area (Å²) in [5.41, 5.74) is 3.49. The monoisotopic (exact) mass is 287 g/mol. The standard InChI is InChI=1S/C14H13N3O4/c1-8(18)6-12(20)15-10-4-2-9(3-5-10)14-11(19)7-13(21)16-17-14/h2-5H,6-7H2,1H3,(H,15,20)(H,16,21). The van der Waals surface area contributed by atoms with Crippen LogP contribution >= 0.6 is 0 Å². The van der Waals surface area contributed by atoms with Crippen molar-refractivity contribution in [3.05, 3.63) is 29.8 Å². The predicted molar refractivity (Wildman–Crippen MR) is 74.7 cm³/mol. The number of rotatable bonds is 4. The number of Topliss-reactive ketones (excluding diaryl/α,β-unsaturated/α-hetero) is 2. The molecule has 0 fully saturated rings. The predicted octanol–water partition coefficient (Wildman–Crippen LogP) is 0.397. The summed E-state index contributed by atoms with van der Waals surface area (Å²) in [6.07, 6.45) is -0.408. The molecule has 7 nitrogen and oxygen atoms in total. The van der Waals surface area contributed by atoms with E-state index in [1.165, 1.54) is 6.92 Å². The van der Waals surface area contributed by atoms with Crippen LogP contribution in [-0.4, -0.2) is 29.1 Å². The molecule has 1 heterocycles. The molecule has 2 amide bonds. The minimum Gasteiger partial charge on any atom is -0.326 e. The Morgan fingerprint density at radius 3 is 2.48 bits per heavy atom. The second-order valence-electron chi connectivity index (χ2n) is 4.60. The Morgan fingerprint density at radius 1 is 1.24 bits per heavy atom. The number of benzene rings is 1. The highest BCUT2D eigenvalue weighted by Crippen LogP contribution is 2.13. The molecule has 2 rings (SSSR count). The number of nitrogens with one attached hydrogen (secondary N) is 2. The summed E-state index contributed by atoms with van der Waals surface area (Å²) in [5, 5.41) is 6.29. The zero-order valence-corrected chi connectivity index (χ0v) is 11.3. The first-order valence-corrected chi connectivity index (χ1v) is 6.25. The maximum atomic E-state index is 11.7. The quantitative estimate of drug-likeness (QED) is 0.782. The van der Waals surface area contributed by atoms with Gasteiger partial charge in [0.2, 0.25) is 11.8 Å². The molecule has 21 heavy (non-hydrogen) atoms. The second-order valence-corrected chi connectivity index (χ2v) is 4.60. The van der Waals surface area contributed by atoms with Crippen LogP contribution in [0.3, 0.4) is 0 Å². The van der Waals surface area contributed by atoms with Gasteiger partial charge in [-0.25, -0.2) is 5.43 Å². The summed E-state index contributed by atoms with van der Waals surface area (Å²) in [5.74, 6) is -1.40. The lowest BCUT2D eigenvalue weighted by Gasteiger charge is -2.11. The number of hydrogen-bond acceptors (Lipinski definition) is 5. The molecule has 1 aromatic rings. The van der Waals surface area contributed by atoms with Gasteiger partial charge in [0.1, 0.15) is 11.5 Å². The molecule has 0 aliphatic carbocycles. The summed E-state index contributed by atoms with van der Waals surface area (Å²) >= 11 is 0. The van der Waals surface area contributed by atoms with E-state index in [1.54, 1.807) is 24.3 Å². The molecule has 0 atom stereocenters. The highest BCUT2D eigenvalue weighted by molar-refractivity contribution is 6.49. The van der Waals surface area contributed by atoms with Crippen LogP contribution in [-0.2, 0) is 19.2 Å². The minimum absolute atomic E-state index is 0.177. The van der Waals surface area contributed by atoms with Crippen molar-refractivity contribution in [2.24, 2.45) is 5.10 Å². The number of anilines is 1. The van der Waals surface area contributed by atoms with E-state index in [4.69, 9.17) is 0 Å². The van der Waals surface area contributed by atoms with Crippen molar-refractivity contribution in [1.82, 2.24) is 5.43 Å². The van der Waals surface area contributed by atoms with Gasteiger partial charge in [0.25, 0.3) is 0 Å². The average molecular weight is 287 g/mol. The zero-order chi connectivity index (χ0) is 15.4. The molecule has 0 saturated heterocycles. The summed E-state index contributed by atoms with van der Waals surface area (Å²) < 4.78 is 0. The molecule has 0 bridgehead atoms. The zero-order valence-electron chi connectivity index (χ0n) is 11.3. The van der Waals surface area contributed by atoms with Crippen molar-refractivity contribution in [2.75, 3.05) is 5.32 Å². The molecule has 1 aliphatic rings. The lowest BCUT2D eigenvalue weighted by Crippen LogP contribution is -2.33. The second kappa shape index (κ2) is 6.08. The lowest BCUT2D eigenvalue weighted by atomic mass is 10.0.